The van der Waals surface area contributed by atoms with Gasteiger partial charge in [0.25, 0.3) is 17.7 Å². The Labute approximate surface area is 219 Å². The molecule has 1 atom stereocenters. The molecule has 11 heteroatoms. The van der Waals surface area contributed by atoms with Gasteiger partial charge in [-0.2, -0.15) is 5.10 Å². The number of halogens is 2. The predicted molar refractivity (Wildman–Crippen MR) is 138 cm³/mol. The highest BCUT2D eigenvalue weighted by Gasteiger charge is 2.25. The monoisotopic (exact) mass is 534 g/mol. The Morgan fingerprint density at radius 1 is 1.14 bits per heavy atom. The first-order chi connectivity index (χ1) is 17.3. The summed E-state index contributed by atoms with van der Waals surface area (Å²) in [5, 5.41) is 7.30. The van der Waals surface area contributed by atoms with Crippen LogP contribution in [0.2, 0.25) is 10.0 Å². The van der Waals surface area contributed by atoms with Gasteiger partial charge in [0.05, 0.1) is 30.0 Å². The molecule has 1 heterocycles. The van der Waals surface area contributed by atoms with Gasteiger partial charge in [-0.15, -0.1) is 0 Å². The first-order valence-corrected chi connectivity index (χ1v) is 12.2. The molecule has 0 aliphatic carbocycles. The van der Waals surface area contributed by atoms with Crippen molar-refractivity contribution in [3.8, 4) is 5.75 Å². The number of nitrogens with zero attached hydrogens (tertiary/aromatic N) is 2. The van der Waals surface area contributed by atoms with Crippen LogP contribution >= 0.6 is 23.2 Å². The van der Waals surface area contributed by atoms with Crippen molar-refractivity contribution in [3.63, 3.8) is 0 Å². The molecular weight excluding hydrogens is 507 g/mol. The lowest BCUT2D eigenvalue weighted by molar-refractivity contribution is -0.137. The third-order valence-corrected chi connectivity index (χ3v) is 5.97. The summed E-state index contributed by atoms with van der Waals surface area (Å²) in [6, 6.07) is 10.7. The van der Waals surface area contributed by atoms with Crippen molar-refractivity contribution in [1.82, 2.24) is 15.6 Å². The number of para-hydroxylation sites is 1. The zero-order chi connectivity index (χ0) is 26.1. The molecule has 2 aromatic rings. The molecule has 0 saturated carbocycles. The van der Waals surface area contributed by atoms with E-state index in [-0.39, 0.29) is 29.0 Å². The maximum Gasteiger partial charge on any atom is 0.262 e. The molecule has 2 N–H and O–H groups in total. The Balaban J connectivity index is 1.60. The Kier molecular flexibility index (Phi) is 10.1. The van der Waals surface area contributed by atoms with Gasteiger partial charge < -0.3 is 19.7 Å². The zero-order valence-electron chi connectivity index (χ0n) is 20.0. The van der Waals surface area contributed by atoms with Gasteiger partial charge >= 0.3 is 0 Å². The number of hydrogen-bond donors (Lipinski definition) is 2. The van der Waals surface area contributed by atoms with Gasteiger partial charge in [0, 0.05) is 23.7 Å². The van der Waals surface area contributed by atoms with Crippen molar-refractivity contribution in [2.45, 2.75) is 19.9 Å². The van der Waals surface area contributed by atoms with E-state index in [9.17, 15) is 14.4 Å². The highest BCUT2D eigenvalue weighted by Crippen LogP contribution is 2.21. The number of amides is 3. The highest BCUT2D eigenvalue weighted by molar-refractivity contribution is 6.36. The van der Waals surface area contributed by atoms with E-state index in [2.05, 4.69) is 15.8 Å². The number of rotatable bonds is 9. The minimum Gasteiger partial charge on any atom is -0.483 e. The van der Waals surface area contributed by atoms with E-state index in [4.69, 9.17) is 32.7 Å². The summed E-state index contributed by atoms with van der Waals surface area (Å²) < 4.78 is 11.0. The molecule has 1 aliphatic heterocycles. The topological polar surface area (TPSA) is 109 Å². The second-order valence-corrected chi connectivity index (χ2v) is 9.22. The van der Waals surface area contributed by atoms with E-state index < -0.39 is 17.9 Å². The summed E-state index contributed by atoms with van der Waals surface area (Å²) in [7, 11) is 0. The molecule has 0 spiro atoms. The van der Waals surface area contributed by atoms with Crippen molar-refractivity contribution in [3.05, 3.63) is 63.6 Å². The van der Waals surface area contributed by atoms with Crippen LogP contribution in [-0.2, 0) is 14.3 Å². The van der Waals surface area contributed by atoms with Crippen molar-refractivity contribution in [1.29, 1.82) is 0 Å². The van der Waals surface area contributed by atoms with Crippen LogP contribution in [0.1, 0.15) is 29.8 Å². The van der Waals surface area contributed by atoms with Gasteiger partial charge in [-0.1, -0.05) is 49.2 Å². The van der Waals surface area contributed by atoms with Gasteiger partial charge in [-0.05, 0) is 36.2 Å². The molecule has 3 amide bonds. The van der Waals surface area contributed by atoms with Crippen molar-refractivity contribution in [2.75, 3.05) is 32.9 Å². The molecule has 2 aromatic carbocycles. The lowest BCUT2D eigenvalue weighted by Gasteiger charge is -2.26. The number of carbonyl (C=O) groups is 3. The summed E-state index contributed by atoms with van der Waals surface area (Å²) in [5.41, 5.74) is 3.24. The molecule has 0 bridgehead atoms. The van der Waals surface area contributed by atoms with E-state index in [0.717, 1.165) is 0 Å². The summed E-state index contributed by atoms with van der Waals surface area (Å²) in [6.45, 7) is 5.58. The quantitative estimate of drug-likeness (QED) is 0.379. The fourth-order valence-electron chi connectivity index (χ4n) is 3.42. The van der Waals surface area contributed by atoms with Crippen molar-refractivity contribution < 1.29 is 23.9 Å². The highest BCUT2D eigenvalue weighted by atomic mass is 35.5. The predicted octanol–water partition coefficient (Wildman–Crippen LogP) is 3.14. The summed E-state index contributed by atoms with van der Waals surface area (Å²) in [4.78, 5) is 39.5. The molecule has 192 valence electrons. The summed E-state index contributed by atoms with van der Waals surface area (Å²) in [6.07, 6.45) is 1.42. The minimum absolute atomic E-state index is 0.119. The normalized spacial score (nSPS) is 14.5. The number of morpholine rings is 1. The Morgan fingerprint density at radius 2 is 1.86 bits per heavy atom. The van der Waals surface area contributed by atoms with E-state index in [1.165, 1.54) is 18.3 Å². The Hall–Kier alpha value is -3.14. The van der Waals surface area contributed by atoms with Gasteiger partial charge in [0.2, 0.25) is 0 Å². The molecule has 9 nitrogen and oxygen atoms in total. The number of ether oxygens (including phenoxy) is 2. The zero-order valence-corrected chi connectivity index (χ0v) is 21.5. The van der Waals surface area contributed by atoms with Crippen LogP contribution in [0.25, 0.3) is 0 Å². The van der Waals surface area contributed by atoms with E-state index in [1.54, 1.807) is 49.1 Å². The van der Waals surface area contributed by atoms with E-state index in [0.29, 0.717) is 42.6 Å². The minimum atomic E-state index is -0.862. The van der Waals surface area contributed by atoms with Gasteiger partial charge in [0.1, 0.15) is 11.8 Å². The van der Waals surface area contributed by atoms with Crippen LogP contribution in [0.3, 0.4) is 0 Å². The molecule has 1 fully saturated rings. The average Bonchev–Trinajstić information content (AvgIpc) is 2.86. The van der Waals surface area contributed by atoms with Gasteiger partial charge in [-0.25, -0.2) is 5.43 Å². The molecule has 1 unspecified atom stereocenters. The second kappa shape index (κ2) is 13.2. The smallest absolute Gasteiger partial charge is 0.262 e. The van der Waals surface area contributed by atoms with Crippen LogP contribution in [-0.4, -0.2) is 67.8 Å². The molecule has 0 aromatic heterocycles. The molecule has 1 saturated heterocycles. The molecule has 36 heavy (non-hydrogen) atoms. The van der Waals surface area contributed by atoms with E-state index >= 15 is 0 Å². The second-order valence-electron chi connectivity index (χ2n) is 8.37. The molecule has 3 rings (SSSR count). The number of hydrazone groups is 1. The van der Waals surface area contributed by atoms with Crippen LogP contribution in [0.4, 0.5) is 0 Å². The third-order valence-electron chi connectivity index (χ3n) is 5.42. The molecule has 1 aliphatic rings. The largest absolute Gasteiger partial charge is 0.483 e. The number of benzene rings is 2. The standard InChI is InChI=1S/C25H28Cl2N4O5/c1-16(2)23(29-24(33)19-8-7-18(26)13-20(19)27)25(34)30-28-14-17-5-3-4-6-21(17)36-15-22(32)31-9-11-35-12-10-31/h3-8,13-14,16,23H,9-12,15H2,1-2H3,(H,29,33)(H,30,34). The Morgan fingerprint density at radius 3 is 2.56 bits per heavy atom. The van der Waals surface area contributed by atoms with Crippen molar-refractivity contribution >= 4 is 47.1 Å². The average molecular weight is 535 g/mol. The SMILES string of the molecule is CC(C)C(NC(=O)c1ccc(Cl)cc1Cl)C(=O)NN=Cc1ccccc1OCC(=O)N1CCOCC1. The number of nitrogens with one attached hydrogen (secondary N) is 2. The Bertz CT molecular complexity index is 1120. The van der Waals surface area contributed by atoms with E-state index in [1.807, 2.05) is 0 Å². The van der Waals surface area contributed by atoms with Crippen molar-refractivity contribution in [2.24, 2.45) is 11.0 Å². The third kappa shape index (κ3) is 7.68. The first-order valence-electron chi connectivity index (χ1n) is 11.4. The fraction of sp³-hybridized carbons (Fsp3) is 0.360. The van der Waals surface area contributed by atoms with Crippen LogP contribution < -0.4 is 15.5 Å². The van der Waals surface area contributed by atoms with Crippen LogP contribution in [0.15, 0.2) is 47.6 Å². The number of hydrogen-bond acceptors (Lipinski definition) is 6. The first kappa shape index (κ1) is 27.4. The summed E-state index contributed by atoms with van der Waals surface area (Å²) >= 11 is 12.0. The maximum atomic E-state index is 12.8. The fourth-order valence-corrected chi connectivity index (χ4v) is 3.92. The lowest BCUT2D eigenvalue weighted by Crippen LogP contribution is -2.48. The molecular formula is C25H28Cl2N4O5. The number of carbonyl (C=O) groups excluding carboxylic acids is 3. The van der Waals surface area contributed by atoms with Gasteiger partial charge in [0.15, 0.2) is 6.61 Å². The molecule has 0 radical (unpaired) electrons. The maximum absolute atomic E-state index is 12.8. The summed E-state index contributed by atoms with van der Waals surface area (Å²) in [5.74, 6) is -0.909. The van der Waals surface area contributed by atoms with Crippen LogP contribution in [0.5, 0.6) is 5.75 Å². The van der Waals surface area contributed by atoms with Crippen LogP contribution in [0, 0.1) is 5.92 Å². The van der Waals surface area contributed by atoms with Gasteiger partial charge in [-0.3, -0.25) is 14.4 Å². The lowest BCUT2D eigenvalue weighted by atomic mass is 10.0.